The summed E-state index contributed by atoms with van der Waals surface area (Å²) in [5.41, 5.74) is -0.189. The minimum atomic E-state index is -4.55. The van der Waals surface area contributed by atoms with Gasteiger partial charge in [-0.1, -0.05) is 31.2 Å². The lowest BCUT2D eigenvalue weighted by molar-refractivity contribution is -0.145. The number of carbonyl (C=O) groups excluding carboxylic acids is 2. The molecule has 3 aromatic carbocycles. The first-order chi connectivity index (χ1) is 20.4. The van der Waals surface area contributed by atoms with Gasteiger partial charge in [-0.25, -0.2) is 27.4 Å². The lowest BCUT2D eigenvalue weighted by Crippen LogP contribution is -2.35. The van der Waals surface area contributed by atoms with Crippen molar-refractivity contribution in [2.45, 2.75) is 32.2 Å². The maximum Gasteiger partial charge on any atom is 0.355 e. The average molecular weight is 646 g/mol. The standard InChI is InChI=1S/C28H22F6NO6PS/c1-3-11-39-27(36)14(2)35-42(38,41-17-7-5-4-6-8-17)26(34)15-9-10-18-16(12-15)13-19(43-18)28(37)40-25-23(32)21(30)20(29)22(31)24(25)33/h4-10,12-14,26H,3,11H2,1-2H3,(H,35,38)/t14-,26?,42?/m0/s1. The second-order valence-electron chi connectivity index (χ2n) is 9.05. The van der Waals surface area contributed by atoms with Crippen molar-refractivity contribution in [2.24, 2.45) is 0 Å². The van der Waals surface area contributed by atoms with Crippen molar-refractivity contribution >= 4 is 40.9 Å². The fraction of sp³-hybridized carbons (Fsp3) is 0.214. The van der Waals surface area contributed by atoms with Crippen molar-refractivity contribution in [3.05, 3.63) is 94.1 Å². The maximum atomic E-state index is 16.0. The number of rotatable bonds is 11. The van der Waals surface area contributed by atoms with Gasteiger partial charge in [-0.15, -0.1) is 11.3 Å². The highest BCUT2D eigenvalue weighted by Gasteiger charge is 2.41. The van der Waals surface area contributed by atoms with Crippen LogP contribution in [0.4, 0.5) is 26.3 Å². The fourth-order valence-corrected chi connectivity index (χ4v) is 6.58. The molecule has 0 saturated carbocycles. The van der Waals surface area contributed by atoms with E-state index in [4.69, 9.17) is 9.26 Å². The second-order valence-corrected chi connectivity index (χ2v) is 12.2. The number of alkyl halides is 1. The normalized spacial score (nSPS) is 14.1. The van der Waals surface area contributed by atoms with Crippen LogP contribution in [-0.4, -0.2) is 24.6 Å². The molecule has 1 heterocycles. The Morgan fingerprint density at radius 3 is 2.19 bits per heavy atom. The van der Waals surface area contributed by atoms with Crippen molar-refractivity contribution in [1.29, 1.82) is 0 Å². The summed E-state index contributed by atoms with van der Waals surface area (Å²) in [4.78, 5) is 24.6. The molecule has 0 aliphatic carbocycles. The molecule has 3 atom stereocenters. The summed E-state index contributed by atoms with van der Waals surface area (Å²) < 4.78 is 114. The molecule has 15 heteroatoms. The van der Waals surface area contributed by atoms with Gasteiger partial charge >= 0.3 is 19.5 Å². The number of halogens is 6. The van der Waals surface area contributed by atoms with Crippen molar-refractivity contribution in [2.75, 3.05) is 6.61 Å². The number of hydrogen-bond acceptors (Lipinski definition) is 7. The fourth-order valence-electron chi connectivity index (χ4n) is 3.75. The maximum absolute atomic E-state index is 16.0. The van der Waals surface area contributed by atoms with Gasteiger partial charge < -0.3 is 14.0 Å². The molecule has 4 rings (SSSR count). The first kappa shape index (κ1) is 32.1. The highest BCUT2D eigenvalue weighted by Crippen LogP contribution is 2.58. The predicted octanol–water partition coefficient (Wildman–Crippen LogP) is 7.99. The molecule has 0 aliphatic heterocycles. The molecule has 0 aliphatic rings. The van der Waals surface area contributed by atoms with Crippen LogP contribution in [0.3, 0.4) is 0 Å². The molecule has 2 unspecified atom stereocenters. The number of nitrogens with one attached hydrogen (secondary N) is 1. The number of ether oxygens (including phenoxy) is 2. The molecule has 1 N–H and O–H groups in total. The Bertz CT molecular complexity index is 1690. The van der Waals surface area contributed by atoms with Gasteiger partial charge in [-0.05, 0) is 54.6 Å². The van der Waals surface area contributed by atoms with Gasteiger partial charge in [0.1, 0.15) is 16.7 Å². The molecule has 0 fully saturated rings. The van der Waals surface area contributed by atoms with Gasteiger partial charge in [-0.3, -0.25) is 9.36 Å². The third-order valence-electron chi connectivity index (χ3n) is 5.84. The Kier molecular flexibility index (Phi) is 9.83. The van der Waals surface area contributed by atoms with Gasteiger partial charge in [0.05, 0.1) is 6.61 Å². The average Bonchev–Trinajstić information content (AvgIpc) is 3.43. The van der Waals surface area contributed by atoms with E-state index >= 15 is 4.39 Å². The van der Waals surface area contributed by atoms with E-state index in [0.717, 1.165) is 17.4 Å². The number of carbonyl (C=O) groups is 2. The Morgan fingerprint density at radius 1 is 0.930 bits per heavy atom. The van der Waals surface area contributed by atoms with E-state index < -0.39 is 66.2 Å². The topological polar surface area (TPSA) is 90.9 Å². The van der Waals surface area contributed by atoms with E-state index in [1.165, 1.54) is 37.3 Å². The summed E-state index contributed by atoms with van der Waals surface area (Å²) in [7, 11) is -4.55. The summed E-state index contributed by atoms with van der Waals surface area (Å²) >= 11 is 0.720. The van der Waals surface area contributed by atoms with Gasteiger partial charge in [-0.2, -0.15) is 8.78 Å². The van der Waals surface area contributed by atoms with Crippen LogP contribution in [0, 0.1) is 29.1 Å². The van der Waals surface area contributed by atoms with Gasteiger partial charge in [0.15, 0.2) is 0 Å². The summed E-state index contributed by atoms with van der Waals surface area (Å²) in [6.45, 7) is 3.20. The summed E-state index contributed by atoms with van der Waals surface area (Å²) in [5.74, 6) is -18.0. The van der Waals surface area contributed by atoms with Gasteiger partial charge in [0.25, 0.3) is 0 Å². The number of esters is 2. The van der Waals surface area contributed by atoms with Gasteiger partial charge in [0.2, 0.25) is 40.7 Å². The molecule has 228 valence electrons. The van der Waals surface area contributed by atoms with Crippen molar-refractivity contribution in [3.63, 3.8) is 0 Å². The molecule has 0 amide bonds. The Morgan fingerprint density at radius 2 is 1.56 bits per heavy atom. The minimum absolute atomic E-state index is 0.0462. The Hall–Kier alpha value is -3.87. The molecule has 7 nitrogen and oxygen atoms in total. The van der Waals surface area contributed by atoms with E-state index in [0.29, 0.717) is 11.1 Å². The molecule has 43 heavy (non-hydrogen) atoms. The van der Waals surface area contributed by atoms with Crippen LogP contribution in [0.1, 0.15) is 41.4 Å². The van der Waals surface area contributed by atoms with Crippen LogP contribution in [-0.2, 0) is 14.1 Å². The molecular weight excluding hydrogens is 623 g/mol. The lowest BCUT2D eigenvalue weighted by atomic mass is 10.2. The second kappa shape index (κ2) is 13.2. The van der Waals surface area contributed by atoms with Crippen LogP contribution in [0.2, 0.25) is 0 Å². The monoisotopic (exact) mass is 645 g/mol. The van der Waals surface area contributed by atoms with E-state index in [1.54, 1.807) is 25.1 Å². The van der Waals surface area contributed by atoms with Crippen LogP contribution >= 0.6 is 18.9 Å². The van der Waals surface area contributed by atoms with Crippen molar-refractivity contribution < 1.29 is 54.5 Å². The number of hydrogen-bond donors (Lipinski definition) is 1. The highest BCUT2D eigenvalue weighted by atomic mass is 32.1. The number of thiophene rings is 1. The first-order valence-corrected chi connectivity index (χ1v) is 15.1. The largest absolute Gasteiger partial charge is 0.465 e. The van der Waals surface area contributed by atoms with Crippen LogP contribution in [0.15, 0.2) is 54.6 Å². The first-order valence-electron chi connectivity index (χ1n) is 12.6. The predicted molar refractivity (Wildman–Crippen MR) is 145 cm³/mol. The molecule has 1 aromatic heterocycles. The van der Waals surface area contributed by atoms with E-state index in [2.05, 4.69) is 9.82 Å². The molecular formula is C28H22F6NO6PS. The van der Waals surface area contributed by atoms with Crippen LogP contribution in [0.5, 0.6) is 11.5 Å². The van der Waals surface area contributed by atoms with E-state index in [-0.39, 0.29) is 28.2 Å². The van der Waals surface area contributed by atoms with Crippen molar-refractivity contribution in [3.8, 4) is 11.5 Å². The molecule has 0 bridgehead atoms. The molecule has 4 aromatic rings. The summed E-state index contributed by atoms with van der Waals surface area (Å²) in [6.07, 6.45) is 0.528. The third-order valence-corrected chi connectivity index (χ3v) is 9.06. The Labute approximate surface area is 244 Å². The molecule has 0 radical (unpaired) electrons. The minimum Gasteiger partial charge on any atom is -0.465 e. The quantitative estimate of drug-likeness (QED) is 0.0442. The number of fused-ring (bicyclic) bond motifs is 1. The van der Waals surface area contributed by atoms with Gasteiger partial charge in [0, 0.05) is 4.70 Å². The van der Waals surface area contributed by atoms with Crippen LogP contribution < -0.4 is 14.3 Å². The summed E-state index contributed by atoms with van der Waals surface area (Å²) in [5, 5.41) is 2.62. The SMILES string of the molecule is CCCOC(=O)[C@H](C)NP(=O)(Oc1ccccc1)C(F)c1ccc2sc(C(=O)Oc3c(F)c(F)c(F)c(F)c3F)cc2c1. The van der Waals surface area contributed by atoms with E-state index in [1.807, 2.05) is 0 Å². The number of benzene rings is 3. The van der Waals surface area contributed by atoms with Crippen molar-refractivity contribution in [1.82, 2.24) is 5.09 Å². The summed E-state index contributed by atoms with van der Waals surface area (Å²) in [6, 6.07) is 11.4. The zero-order valence-electron chi connectivity index (χ0n) is 22.3. The molecule has 0 spiro atoms. The van der Waals surface area contributed by atoms with Crippen LogP contribution in [0.25, 0.3) is 10.1 Å². The lowest BCUT2D eigenvalue weighted by Gasteiger charge is -2.26. The van der Waals surface area contributed by atoms with E-state index in [9.17, 15) is 36.1 Å². The highest BCUT2D eigenvalue weighted by molar-refractivity contribution is 7.57. The zero-order chi connectivity index (χ0) is 31.5. The third kappa shape index (κ3) is 6.87. The zero-order valence-corrected chi connectivity index (χ0v) is 24.0. The Balaban J connectivity index is 1.63. The molecule has 0 saturated heterocycles. The number of para-hydroxylation sites is 1. The smallest absolute Gasteiger partial charge is 0.355 e.